The van der Waals surface area contributed by atoms with Gasteiger partial charge >= 0.3 is 0 Å². The predicted octanol–water partition coefficient (Wildman–Crippen LogP) is 2.88. The van der Waals surface area contributed by atoms with Gasteiger partial charge in [0.1, 0.15) is 17.3 Å². The summed E-state index contributed by atoms with van der Waals surface area (Å²) in [5.41, 5.74) is 6.31. The van der Waals surface area contributed by atoms with Crippen molar-refractivity contribution < 1.29 is 9.21 Å². The van der Waals surface area contributed by atoms with Crippen molar-refractivity contribution in [1.29, 1.82) is 0 Å². The van der Waals surface area contributed by atoms with Crippen LogP contribution in [0.1, 0.15) is 29.9 Å². The summed E-state index contributed by atoms with van der Waals surface area (Å²) >= 11 is 0. The number of rotatable bonds is 6. The largest absolute Gasteiger partial charge is 0.464 e. The van der Waals surface area contributed by atoms with E-state index in [1.54, 1.807) is 24.4 Å². The van der Waals surface area contributed by atoms with Crippen molar-refractivity contribution in [2.24, 2.45) is 0 Å². The molecule has 5 heteroatoms. The monoisotopic (exact) mass is 297 g/mol. The smallest absolute Gasteiger partial charge is 0.244 e. The second-order valence-electron chi connectivity index (χ2n) is 4.90. The van der Waals surface area contributed by atoms with E-state index in [1.807, 2.05) is 25.1 Å². The molecule has 1 atom stereocenters. The van der Waals surface area contributed by atoms with Gasteiger partial charge in [0, 0.05) is 18.2 Å². The van der Waals surface area contributed by atoms with Crippen LogP contribution in [-0.4, -0.2) is 10.9 Å². The highest BCUT2D eigenvalue weighted by atomic mass is 16.3. The summed E-state index contributed by atoms with van der Waals surface area (Å²) in [7, 11) is 0. The highest BCUT2D eigenvalue weighted by Gasteiger charge is 2.07. The molecule has 2 aromatic heterocycles. The first kappa shape index (κ1) is 15.6. The van der Waals surface area contributed by atoms with E-state index in [9.17, 15) is 4.79 Å². The molecule has 0 aliphatic carbocycles. The lowest BCUT2D eigenvalue weighted by molar-refractivity contribution is -0.116. The van der Waals surface area contributed by atoms with Gasteiger partial charge < -0.3 is 15.5 Å². The van der Waals surface area contributed by atoms with Gasteiger partial charge in [-0.1, -0.05) is 13.0 Å². The number of allylic oxidation sites excluding steroid dienone is 1. The molecule has 0 bridgehead atoms. The Kier molecular flexibility index (Phi) is 5.14. The minimum Gasteiger partial charge on any atom is -0.464 e. The van der Waals surface area contributed by atoms with E-state index in [4.69, 9.17) is 10.2 Å². The third-order valence-corrected chi connectivity index (χ3v) is 3.16. The van der Waals surface area contributed by atoms with Gasteiger partial charge in [-0.15, -0.1) is 6.58 Å². The van der Waals surface area contributed by atoms with Crippen molar-refractivity contribution in [3.05, 3.63) is 66.3 Å². The highest BCUT2D eigenvalue weighted by molar-refractivity contribution is 5.91. The quantitative estimate of drug-likeness (QED) is 0.634. The summed E-state index contributed by atoms with van der Waals surface area (Å²) in [4.78, 5) is 15.7. The Bertz CT molecular complexity index is 671. The number of nitrogens with one attached hydrogen (secondary N) is 1. The van der Waals surface area contributed by atoms with Crippen LogP contribution in [0, 0.1) is 0 Å². The molecule has 0 aliphatic heterocycles. The molecular weight excluding hydrogens is 278 g/mol. The fraction of sp³-hybridized carbons (Fsp3) is 0.176. The lowest BCUT2D eigenvalue weighted by Crippen LogP contribution is -2.19. The maximum Gasteiger partial charge on any atom is 0.244 e. The van der Waals surface area contributed by atoms with Crippen LogP contribution in [0.4, 0.5) is 5.82 Å². The number of nitrogens with zero attached hydrogens (tertiary/aromatic N) is 1. The van der Waals surface area contributed by atoms with Crippen LogP contribution in [-0.2, 0) is 11.3 Å². The van der Waals surface area contributed by atoms with Crippen LogP contribution >= 0.6 is 0 Å². The topological polar surface area (TPSA) is 81.2 Å². The van der Waals surface area contributed by atoms with Gasteiger partial charge in [-0.05, 0) is 35.9 Å². The standard InChI is InChI=1S/C17H19N3O2/c1-3-12(2)15-7-6-14(22-15)11-20-17(21)9-5-13-4-8-16(18)19-10-13/h3-10,12H,1,11H2,2H3,(H2,18,19)(H,20,21)/b9-5+. The van der Waals surface area contributed by atoms with Crippen LogP contribution in [0.2, 0.25) is 0 Å². The minimum atomic E-state index is -0.202. The van der Waals surface area contributed by atoms with Gasteiger partial charge in [0.05, 0.1) is 6.54 Å². The number of carbonyl (C=O) groups is 1. The Hall–Kier alpha value is -2.82. The summed E-state index contributed by atoms with van der Waals surface area (Å²) in [6.45, 7) is 6.07. The molecule has 0 fully saturated rings. The first-order chi connectivity index (χ1) is 10.6. The Morgan fingerprint density at radius 1 is 1.45 bits per heavy atom. The fourth-order valence-electron chi connectivity index (χ4n) is 1.77. The molecule has 0 saturated carbocycles. The summed E-state index contributed by atoms with van der Waals surface area (Å²) in [6.07, 6.45) is 6.54. The second kappa shape index (κ2) is 7.26. The molecule has 0 radical (unpaired) electrons. The fourth-order valence-corrected chi connectivity index (χ4v) is 1.77. The molecule has 1 amide bonds. The van der Waals surface area contributed by atoms with E-state index in [-0.39, 0.29) is 11.8 Å². The number of furan rings is 1. The van der Waals surface area contributed by atoms with Gasteiger partial charge in [0.2, 0.25) is 5.91 Å². The van der Waals surface area contributed by atoms with E-state index in [0.29, 0.717) is 18.1 Å². The number of hydrogen-bond donors (Lipinski definition) is 2. The first-order valence-electron chi connectivity index (χ1n) is 6.97. The number of amides is 1. The normalized spacial score (nSPS) is 12.2. The van der Waals surface area contributed by atoms with Crippen molar-refractivity contribution in [3.8, 4) is 0 Å². The Morgan fingerprint density at radius 2 is 2.27 bits per heavy atom. The highest BCUT2D eigenvalue weighted by Crippen LogP contribution is 2.18. The number of hydrogen-bond acceptors (Lipinski definition) is 4. The Balaban J connectivity index is 1.86. The second-order valence-corrected chi connectivity index (χ2v) is 4.90. The lowest BCUT2D eigenvalue weighted by atomic mass is 10.1. The summed E-state index contributed by atoms with van der Waals surface area (Å²) < 4.78 is 5.63. The number of nitrogen functional groups attached to an aromatic ring is 1. The maximum absolute atomic E-state index is 11.8. The average molecular weight is 297 g/mol. The summed E-state index contributed by atoms with van der Waals surface area (Å²) in [5.74, 6) is 1.94. The molecule has 22 heavy (non-hydrogen) atoms. The van der Waals surface area contributed by atoms with Crippen molar-refractivity contribution in [2.45, 2.75) is 19.4 Å². The Morgan fingerprint density at radius 3 is 2.95 bits per heavy atom. The molecule has 2 rings (SSSR count). The molecule has 0 aliphatic rings. The summed E-state index contributed by atoms with van der Waals surface area (Å²) in [6, 6.07) is 7.22. The molecule has 114 valence electrons. The van der Waals surface area contributed by atoms with E-state index in [1.165, 1.54) is 6.08 Å². The SMILES string of the molecule is C=CC(C)c1ccc(CNC(=O)/C=C/c2ccc(N)nc2)o1. The third-order valence-electron chi connectivity index (χ3n) is 3.16. The van der Waals surface area contributed by atoms with Crippen molar-refractivity contribution in [2.75, 3.05) is 5.73 Å². The zero-order valence-corrected chi connectivity index (χ0v) is 12.5. The molecule has 2 heterocycles. The van der Waals surface area contributed by atoms with Gasteiger partial charge in [0.25, 0.3) is 0 Å². The molecule has 2 aromatic rings. The van der Waals surface area contributed by atoms with Crippen molar-refractivity contribution >= 4 is 17.8 Å². The molecule has 5 nitrogen and oxygen atoms in total. The molecule has 1 unspecified atom stereocenters. The van der Waals surface area contributed by atoms with Crippen LogP contribution < -0.4 is 11.1 Å². The average Bonchev–Trinajstić information content (AvgIpc) is 3.00. The lowest BCUT2D eigenvalue weighted by Gasteiger charge is -2.02. The number of nitrogens with two attached hydrogens (primary N) is 1. The van der Waals surface area contributed by atoms with E-state index in [2.05, 4.69) is 16.9 Å². The van der Waals surface area contributed by atoms with E-state index >= 15 is 0 Å². The van der Waals surface area contributed by atoms with Crippen LogP contribution in [0.15, 0.2) is 53.6 Å². The van der Waals surface area contributed by atoms with Crippen LogP contribution in [0.3, 0.4) is 0 Å². The van der Waals surface area contributed by atoms with Crippen molar-refractivity contribution in [3.63, 3.8) is 0 Å². The van der Waals surface area contributed by atoms with Gasteiger partial charge in [0.15, 0.2) is 0 Å². The molecular formula is C17H19N3O2. The predicted molar refractivity (Wildman–Crippen MR) is 86.9 cm³/mol. The molecule has 3 N–H and O–H groups in total. The zero-order chi connectivity index (χ0) is 15.9. The minimum absolute atomic E-state index is 0.155. The van der Waals surface area contributed by atoms with Crippen molar-refractivity contribution in [1.82, 2.24) is 10.3 Å². The molecule has 0 saturated heterocycles. The van der Waals surface area contributed by atoms with Gasteiger partial charge in [-0.3, -0.25) is 4.79 Å². The first-order valence-corrected chi connectivity index (χ1v) is 6.97. The third kappa shape index (κ3) is 4.34. The summed E-state index contributed by atoms with van der Waals surface area (Å²) in [5, 5.41) is 2.76. The van der Waals surface area contributed by atoms with Crippen LogP contribution in [0.25, 0.3) is 6.08 Å². The maximum atomic E-state index is 11.8. The van der Waals surface area contributed by atoms with Gasteiger partial charge in [-0.25, -0.2) is 4.98 Å². The van der Waals surface area contributed by atoms with Crippen LogP contribution in [0.5, 0.6) is 0 Å². The van der Waals surface area contributed by atoms with Gasteiger partial charge in [-0.2, -0.15) is 0 Å². The number of pyridine rings is 1. The molecule has 0 spiro atoms. The Labute approximate surface area is 129 Å². The number of anilines is 1. The number of carbonyl (C=O) groups excluding carboxylic acids is 1. The van der Waals surface area contributed by atoms with E-state index in [0.717, 1.165) is 11.3 Å². The number of aromatic nitrogens is 1. The van der Waals surface area contributed by atoms with E-state index < -0.39 is 0 Å². The zero-order valence-electron chi connectivity index (χ0n) is 12.5. The molecule has 0 aromatic carbocycles.